The Morgan fingerprint density at radius 3 is 2.20 bits per heavy atom. The molecule has 1 atom stereocenters. The Morgan fingerprint density at radius 2 is 1.80 bits per heavy atom. The van der Waals surface area contributed by atoms with Gasteiger partial charge in [-0.15, -0.1) is 0 Å². The van der Waals surface area contributed by atoms with Crippen LogP contribution in [0.15, 0.2) is 18.2 Å². The number of hydrogen-bond donors (Lipinski definition) is 2. The molecule has 0 bridgehead atoms. The van der Waals surface area contributed by atoms with Crippen molar-refractivity contribution in [3.63, 3.8) is 0 Å². The number of benzene rings is 1. The maximum Gasteiger partial charge on any atom is 0.416 e. The molecule has 20 heavy (non-hydrogen) atoms. The number of anilines is 1. The second-order valence-corrected chi connectivity index (χ2v) is 5.77. The van der Waals surface area contributed by atoms with Crippen LogP contribution < -0.4 is 5.32 Å². The van der Waals surface area contributed by atoms with Gasteiger partial charge in [0.25, 0.3) is 0 Å². The van der Waals surface area contributed by atoms with E-state index in [0.717, 1.165) is 12.1 Å². The van der Waals surface area contributed by atoms with Crippen LogP contribution in [0.3, 0.4) is 0 Å². The highest BCUT2D eigenvalue weighted by Gasteiger charge is 2.31. The minimum Gasteiger partial charge on any atom is -0.396 e. The van der Waals surface area contributed by atoms with Gasteiger partial charge in [-0.2, -0.15) is 13.2 Å². The van der Waals surface area contributed by atoms with E-state index in [9.17, 15) is 17.6 Å². The minimum atomic E-state index is -4.56. The zero-order valence-corrected chi connectivity index (χ0v) is 11.7. The van der Waals surface area contributed by atoms with Gasteiger partial charge in [-0.05, 0) is 30.0 Å². The Labute approximate surface area is 115 Å². The van der Waals surface area contributed by atoms with Gasteiger partial charge < -0.3 is 10.4 Å². The van der Waals surface area contributed by atoms with Crippen LogP contribution in [-0.4, -0.2) is 17.8 Å². The van der Waals surface area contributed by atoms with E-state index >= 15 is 0 Å². The number of aliphatic hydroxyl groups is 1. The third-order valence-corrected chi connectivity index (χ3v) is 3.09. The van der Waals surface area contributed by atoms with Crippen LogP contribution >= 0.6 is 0 Å². The van der Waals surface area contributed by atoms with Crippen LogP contribution in [0.25, 0.3) is 0 Å². The normalized spacial score (nSPS) is 14.2. The fraction of sp³-hybridized carbons (Fsp3) is 0.571. The van der Waals surface area contributed by atoms with E-state index in [1.165, 1.54) is 0 Å². The molecule has 0 saturated carbocycles. The van der Waals surface area contributed by atoms with Gasteiger partial charge in [0.15, 0.2) is 0 Å². The molecule has 6 heteroatoms. The van der Waals surface area contributed by atoms with E-state index in [1.807, 2.05) is 20.8 Å². The largest absolute Gasteiger partial charge is 0.416 e. The first-order valence-electron chi connectivity index (χ1n) is 6.30. The maximum atomic E-state index is 13.7. The third-order valence-electron chi connectivity index (χ3n) is 3.09. The number of rotatable bonds is 4. The SMILES string of the molecule is CC(C)(C)C(CCO)Nc1ccc(C(F)(F)F)cc1F. The van der Waals surface area contributed by atoms with Gasteiger partial charge >= 0.3 is 6.18 Å². The van der Waals surface area contributed by atoms with Crippen molar-refractivity contribution in [1.82, 2.24) is 0 Å². The molecule has 0 heterocycles. The number of aliphatic hydroxyl groups excluding tert-OH is 1. The summed E-state index contributed by atoms with van der Waals surface area (Å²) in [6.45, 7) is 5.63. The molecule has 0 saturated heterocycles. The smallest absolute Gasteiger partial charge is 0.396 e. The number of halogens is 4. The molecular formula is C14H19F4NO. The van der Waals surface area contributed by atoms with Crippen LogP contribution in [0.2, 0.25) is 0 Å². The molecule has 0 aliphatic heterocycles. The zero-order chi connectivity index (χ0) is 15.6. The first-order valence-corrected chi connectivity index (χ1v) is 6.30. The van der Waals surface area contributed by atoms with E-state index in [-0.39, 0.29) is 23.8 Å². The van der Waals surface area contributed by atoms with Gasteiger partial charge in [-0.1, -0.05) is 20.8 Å². The average molecular weight is 293 g/mol. The molecular weight excluding hydrogens is 274 g/mol. The van der Waals surface area contributed by atoms with Crippen molar-refractivity contribution < 1.29 is 22.7 Å². The van der Waals surface area contributed by atoms with E-state index < -0.39 is 17.6 Å². The first kappa shape index (κ1) is 16.8. The van der Waals surface area contributed by atoms with Crippen molar-refractivity contribution >= 4 is 5.69 Å². The molecule has 0 radical (unpaired) electrons. The van der Waals surface area contributed by atoms with Gasteiger partial charge in [0.2, 0.25) is 0 Å². The van der Waals surface area contributed by atoms with E-state index in [4.69, 9.17) is 5.11 Å². The second kappa shape index (κ2) is 5.99. The van der Waals surface area contributed by atoms with Crippen molar-refractivity contribution in [3.8, 4) is 0 Å². The molecule has 0 fully saturated rings. The standard InChI is InChI=1S/C14H19F4NO/c1-13(2,3)12(6-7-20)19-11-5-4-9(8-10(11)15)14(16,17)18/h4-5,8,12,19-20H,6-7H2,1-3H3. The summed E-state index contributed by atoms with van der Waals surface area (Å²) >= 11 is 0. The predicted octanol–water partition coefficient (Wildman–Crippen LogP) is 4.05. The van der Waals surface area contributed by atoms with Crippen molar-refractivity contribution in [2.24, 2.45) is 5.41 Å². The highest BCUT2D eigenvalue weighted by molar-refractivity contribution is 5.48. The molecule has 2 nitrogen and oxygen atoms in total. The van der Waals surface area contributed by atoms with Crippen molar-refractivity contribution in [2.75, 3.05) is 11.9 Å². The molecule has 1 aromatic rings. The summed E-state index contributed by atoms with van der Waals surface area (Å²) in [4.78, 5) is 0. The van der Waals surface area contributed by atoms with Crippen LogP contribution in [0.4, 0.5) is 23.2 Å². The molecule has 114 valence electrons. The van der Waals surface area contributed by atoms with Crippen molar-refractivity contribution in [1.29, 1.82) is 0 Å². The van der Waals surface area contributed by atoms with E-state index in [0.29, 0.717) is 12.5 Å². The third kappa shape index (κ3) is 4.37. The Kier molecular flexibility index (Phi) is 5.02. The monoisotopic (exact) mass is 293 g/mol. The molecule has 0 aromatic heterocycles. The van der Waals surface area contributed by atoms with Gasteiger partial charge in [0.05, 0.1) is 11.3 Å². The number of hydrogen-bond acceptors (Lipinski definition) is 2. The lowest BCUT2D eigenvalue weighted by atomic mass is 9.84. The summed E-state index contributed by atoms with van der Waals surface area (Å²) in [7, 11) is 0. The Morgan fingerprint density at radius 1 is 1.20 bits per heavy atom. The maximum absolute atomic E-state index is 13.7. The van der Waals surface area contributed by atoms with Gasteiger partial charge in [0, 0.05) is 12.6 Å². The summed E-state index contributed by atoms with van der Waals surface area (Å²) in [6, 6.07) is 2.14. The quantitative estimate of drug-likeness (QED) is 0.821. The molecule has 0 spiro atoms. The highest BCUT2D eigenvalue weighted by atomic mass is 19.4. The van der Waals surface area contributed by atoms with Crippen LogP contribution in [0.1, 0.15) is 32.8 Å². The van der Waals surface area contributed by atoms with E-state index in [2.05, 4.69) is 5.32 Å². The van der Waals surface area contributed by atoms with Crippen LogP contribution in [0, 0.1) is 11.2 Å². The highest BCUT2D eigenvalue weighted by Crippen LogP contribution is 2.32. The first-order chi connectivity index (χ1) is 9.05. The Bertz CT molecular complexity index is 451. The van der Waals surface area contributed by atoms with E-state index in [1.54, 1.807) is 0 Å². The molecule has 0 aliphatic rings. The Balaban J connectivity index is 2.98. The number of nitrogens with one attached hydrogen (secondary N) is 1. The molecule has 1 unspecified atom stereocenters. The Hall–Kier alpha value is -1.30. The number of alkyl halides is 3. The van der Waals surface area contributed by atoms with Crippen LogP contribution in [0.5, 0.6) is 0 Å². The van der Waals surface area contributed by atoms with Gasteiger partial charge in [-0.25, -0.2) is 4.39 Å². The van der Waals surface area contributed by atoms with Gasteiger partial charge in [0.1, 0.15) is 5.82 Å². The van der Waals surface area contributed by atoms with Crippen molar-refractivity contribution in [3.05, 3.63) is 29.6 Å². The van der Waals surface area contributed by atoms with Crippen LogP contribution in [-0.2, 0) is 6.18 Å². The lowest BCUT2D eigenvalue weighted by Gasteiger charge is -2.32. The van der Waals surface area contributed by atoms with Gasteiger partial charge in [-0.3, -0.25) is 0 Å². The summed E-state index contributed by atoms with van der Waals surface area (Å²) in [6.07, 6.45) is -4.18. The molecule has 1 rings (SSSR count). The fourth-order valence-electron chi connectivity index (χ4n) is 1.85. The summed E-state index contributed by atoms with van der Waals surface area (Å²) in [5, 5.41) is 11.9. The van der Waals surface area contributed by atoms with Crippen molar-refractivity contribution in [2.45, 2.75) is 39.4 Å². The summed E-state index contributed by atoms with van der Waals surface area (Å²) in [5.41, 5.74) is -1.28. The molecule has 2 N–H and O–H groups in total. The minimum absolute atomic E-state index is 0.00590. The summed E-state index contributed by atoms with van der Waals surface area (Å²) < 4.78 is 51.1. The second-order valence-electron chi connectivity index (χ2n) is 5.77. The molecule has 1 aromatic carbocycles. The lowest BCUT2D eigenvalue weighted by molar-refractivity contribution is -0.137. The lowest BCUT2D eigenvalue weighted by Crippen LogP contribution is -2.35. The topological polar surface area (TPSA) is 32.3 Å². The molecule has 0 aliphatic carbocycles. The zero-order valence-electron chi connectivity index (χ0n) is 11.7. The predicted molar refractivity (Wildman–Crippen MR) is 70.0 cm³/mol. The average Bonchev–Trinajstić information content (AvgIpc) is 2.28. The molecule has 0 amide bonds. The fourth-order valence-corrected chi connectivity index (χ4v) is 1.85. The summed E-state index contributed by atoms with van der Waals surface area (Å²) in [5.74, 6) is -0.952.